The lowest BCUT2D eigenvalue weighted by Gasteiger charge is -2.06. The second-order valence-electron chi connectivity index (χ2n) is 3.52. The van der Waals surface area contributed by atoms with E-state index in [0.717, 1.165) is 0 Å². The van der Waals surface area contributed by atoms with E-state index in [1.807, 2.05) is 0 Å². The van der Waals surface area contributed by atoms with E-state index >= 15 is 0 Å². The van der Waals surface area contributed by atoms with Crippen molar-refractivity contribution in [3.8, 4) is 11.4 Å². The summed E-state index contributed by atoms with van der Waals surface area (Å²) in [5, 5.41) is 11.6. The standard InChI is InChI=1S/C12H10FN3O2/c1-14-11-9(12(17)18)6-15-10(16-11)7-2-4-8(13)5-3-7/h2-6H,1H3,(H,17,18)(H,14,15,16). The Morgan fingerprint density at radius 3 is 2.56 bits per heavy atom. The summed E-state index contributed by atoms with van der Waals surface area (Å²) < 4.78 is 12.8. The molecule has 1 aromatic carbocycles. The van der Waals surface area contributed by atoms with Crippen molar-refractivity contribution in [1.82, 2.24) is 9.97 Å². The molecule has 0 saturated heterocycles. The van der Waals surface area contributed by atoms with Crippen molar-refractivity contribution in [2.75, 3.05) is 12.4 Å². The lowest BCUT2D eigenvalue weighted by atomic mass is 10.2. The minimum Gasteiger partial charge on any atom is -0.477 e. The van der Waals surface area contributed by atoms with E-state index in [2.05, 4.69) is 15.3 Å². The van der Waals surface area contributed by atoms with Crippen molar-refractivity contribution >= 4 is 11.8 Å². The minimum absolute atomic E-state index is 0.0108. The number of anilines is 1. The number of aromatic nitrogens is 2. The number of benzene rings is 1. The molecular formula is C12H10FN3O2. The Morgan fingerprint density at radius 1 is 1.33 bits per heavy atom. The monoisotopic (exact) mass is 247 g/mol. The maximum atomic E-state index is 12.8. The van der Waals surface area contributed by atoms with Crippen LogP contribution in [0.25, 0.3) is 11.4 Å². The van der Waals surface area contributed by atoms with Crippen molar-refractivity contribution < 1.29 is 14.3 Å². The summed E-state index contributed by atoms with van der Waals surface area (Å²) in [6.07, 6.45) is 1.22. The summed E-state index contributed by atoms with van der Waals surface area (Å²) in [4.78, 5) is 18.9. The average Bonchev–Trinajstić information content (AvgIpc) is 2.38. The van der Waals surface area contributed by atoms with Gasteiger partial charge in [0.15, 0.2) is 5.82 Å². The fourth-order valence-electron chi connectivity index (χ4n) is 1.47. The van der Waals surface area contributed by atoms with Gasteiger partial charge in [-0.1, -0.05) is 0 Å². The van der Waals surface area contributed by atoms with Gasteiger partial charge in [0.25, 0.3) is 0 Å². The van der Waals surface area contributed by atoms with Gasteiger partial charge in [-0.3, -0.25) is 0 Å². The lowest BCUT2D eigenvalue weighted by molar-refractivity contribution is 0.0697. The molecule has 2 aromatic rings. The van der Waals surface area contributed by atoms with Crippen molar-refractivity contribution in [3.63, 3.8) is 0 Å². The molecule has 0 spiro atoms. The Balaban J connectivity index is 2.47. The quantitative estimate of drug-likeness (QED) is 0.867. The maximum absolute atomic E-state index is 12.8. The first-order valence-corrected chi connectivity index (χ1v) is 5.16. The molecule has 18 heavy (non-hydrogen) atoms. The zero-order valence-electron chi connectivity index (χ0n) is 9.51. The number of nitrogens with zero attached hydrogens (tertiary/aromatic N) is 2. The van der Waals surface area contributed by atoms with Gasteiger partial charge >= 0.3 is 5.97 Å². The summed E-state index contributed by atoms with van der Waals surface area (Å²) in [7, 11) is 1.57. The van der Waals surface area contributed by atoms with Crippen molar-refractivity contribution in [1.29, 1.82) is 0 Å². The second-order valence-corrected chi connectivity index (χ2v) is 3.52. The van der Waals surface area contributed by atoms with Crippen LogP contribution in [-0.2, 0) is 0 Å². The van der Waals surface area contributed by atoms with Crippen LogP contribution in [0.3, 0.4) is 0 Å². The molecule has 1 aromatic heterocycles. The van der Waals surface area contributed by atoms with Gasteiger partial charge in [0.05, 0.1) is 0 Å². The van der Waals surface area contributed by atoms with E-state index in [-0.39, 0.29) is 17.2 Å². The zero-order chi connectivity index (χ0) is 13.1. The lowest BCUT2D eigenvalue weighted by Crippen LogP contribution is -2.07. The predicted molar refractivity (Wildman–Crippen MR) is 63.9 cm³/mol. The fourth-order valence-corrected chi connectivity index (χ4v) is 1.47. The van der Waals surface area contributed by atoms with Crippen LogP contribution in [0.4, 0.5) is 10.2 Å². The Hall–Kier alpha value is -2.50. The highest BCUT2D eigenvalue weighted by Crippen LogP contribution is 2.19. The normalized spacial score (nSPS) is 10.1. The van der Waals surface area contributed by atoms with Crippen LogP contribution >= 0.6 is 0 Å². The number of aromatic carboxylic acids is 1. The van der Waals surface area contributed by atoms with Crippen LogP contribution in [0, 0.1) is 5.82 Å². The molecule has 0 radical (unpaired) electrons. The second kappa shape index (κ2) is 4.79. The molecule has 0 saturated carbocycles. The molecule has 0 aliphatic carbocycles. The van der Waals surface area contributed by atoms with Crippen LogP contribution in [-0.4, -0.2) is 28.1 Å². The summed E-state index contributed by atoms with van der Waals surface area (Å²) in [6, 6.07) is 5.65. The summed E-state index contributed by atoms with van der Waals surface area (Å²) in [6.45, 7) is 0. The average molecular weight is 247 g/mol. The van der Waals surface area contributed by atoms with Gasteiger partial charge in [-0.2, -0.15) is 0 Å². The van der Waals surface area contributed by atoms with Gasteiger partial charge in [-0.05, 0) is 24.3 Å². The number of carbonyl (C=O) groups is 1. The molecule has 6 heteroatoms. The van der Waals surface area contributed by atoms with Crippen LogP contribution in [0.1, 0.15) is 10.4 Å². The summed E-state index contributed by atoms with van der Waals surface area (Å²) in [5.41, 5.74) is 0.605. The van der Waals surface area contributed by atoms with E-state index in [1.54, 1.807) is 7.05 Å². The number of carboxylic acids is 1. The van der Waals surface area contributed by atoms with Crippen molar-refractivity contribution in [2.24, 2.45) is 0 Å². The molecule has 1 heterocycles. The van der Waals surface area contributed by atoms with Crippen molar-refractivity contribution in [3.05, 3.63) is 41.8 Å². The van der Waals surface area contributed by atoms with Crippen LogP contribution in [0.15, 0.2) is 30.5 Å². The SMILES string of the molecule is CNc1nc(-c2ccc(F)cc2)ncc1C(=O)O. The number of carboxylic acid groups (broad SMARTS) is 1. The smallest absolute Gasteiger partial charge is 0.341 e. The molecule has 2 N–H and O–H groups in total. The largest absolute Gasteiger partial charge is 0.477 e. The number of halogens is 1. The third-order valence-electron chi connectivity index (χ3n) is 2.36. The molecule has 2 rings (SSSR count). The first-order valence-electron chi connectivity index (χ1n) is 5.16. The van der Waals surface area contributed by atoms with Gasteiger partial charge in [0, 0.05) is 18.8 Å². The molecule has 5 nitrogen and oxygen atoms in total. The van der Waals surface area contributed by atoms with Crippen LogP contribution in [0.2, 0.25) is 0 Å². The fraction of sp³-hybridized carbons (Fsp3) is 0.0833. The van der Waals surface area contributed by atoms with Gasteiger partial charge in [0.2, 0.25) is 0 Å². The minimum atomic E-state index is -1.11. The molecule has 0 aliphatic rings. The highest BCUT2D eigenvalue weighted by molar-refractivity contribution is 5.93. The Morgan fingerprint density at radius 2 is 2.00 bits per heavy atom. The molecule has 0 aliphatic heterocycles. The number of hydrogen-bond acceptors (Lipinski definition) is 4. The molecule has 0 atom stereocenters. The van der Waals surface area contributed by atoms with E-state index in [9.17, 15) is 9.18 Å². The Labute approximate surface area is 102 Å². The van der Waals surface area contributed by atoms with E-state index in [4.69, 9.17) is 5.11 Å². The van der Waals surface area contributed by atoms with Crippen molar-refractivity contribution in [2.45, 2.75) is 0 Å². The Kier molecular flexibility index (Phi) is 3.18. The number of nitrogens with one attached hydrogen (secondary N) is 1. The molecular weight excluding hydrogens is 237 g/mol. The third kappa shape index (κ3) is 2.27. The number of rotatable bonds is 3. The summed E-state index contributed by atoms with van der Waals surface area (Å²) in [5.74, 6) is -0.902. The number of hydrogen-bond donors (Lipinski definition) is 2. The predicted octanol–water partition coefficient (Wildman–Crippen LogP) is 2.02. The third-order valence-corrected chi connectivity index (χ3v) is 2.36. The molecule has 0 bridgehead atoms. The zero-order valence-corrected chi connectivity index (χ0v) is 9.51. The van der Waals surface area contributed by atoms with E-state index in [0.29, 0.717) is 11.4 Å². The maximum Gasteiger partial charge on any atom is 0.341 e. The highest BCUT2D eigenvalue weighted by Gasteiger charge is 2.13. The summed E-state index contributed by atoms with van der Waals surface area (Å²) >= 11 is 0. The van der Waals surface area contributed by atoms with Gasteiger partial charge in [-0.25, -0.2) is 19.2 Å². The molecule has 92 valence electrons. The van der Waals surface area contributed by atoms with Gasteiger partial charge in [0.1, 0.15) is 17.2 Å². The first kappa shape index (κ1) is 12.0. The molecule has 0 unspecified atom stereocenters. The topological polar surface area (TPSA) is 75.1 Å². The van der Waals surface area contributed by atoms with E-state index < -0.39 is 5.97 Å². The molecule has 0 amide bonds. The highest BCUT2D eigenvalue weighted by atomic mass is 19.1. The molecule has 0 fully saturated rings. The van der Waals surface area contributed by atoms with Crippen LogP contribution < -0.4 is 5.32 Å². The van der Waals surface area contributed by atoms with Gasteiger partial charge in [-0.15, -0.1) is 0 Å². The Bertz CT molecular complexity index is 584. The first-order chi connectivity index (χ1) is 8.61. The van der Waals surface area contributed by atoms with E-state index in [1.165, 1.54) is 30.5 Å². The van der Waals surface area contributed by atoms with Gasteiger partial charge < -0.3 is 10.4 Å². The van der Waals surface area contributed by atoms with Crippen LogP contribution in [0.5, 0.6) is 0 Å².